The van der Waals surface area contributed by atoms with E-state index in [2.05, 4.69) is 5.32 Å². The second-order valence-electron chi connectivity index (χ2n) is 7.55. The zero-order chi connectivity index (χ0) is 22.2. The van der Waals surface area contributed by atoms with Gasteiger partial charge in [0, 0.05) is 10.9 Å². The number of benzene rings is 2. The van der Waals surface area contributed by atoms with Crippen LogP contribution in [-0.2, 0) is 11.3 Å². The molecule has 3 aromatic rings. The Morgan fingerprint density at radius 3 is 2.60 bits per heavy atom. The summed E-state index contributed by atoms with van der Waals surface area (Å²) in [6.07, 6.45) is -0.801. The minimum Gasteiger partial charge on any atom is -0.444 e. The number of ether oxygens (including phenoxy) is 1. The van der Waals surface area contributed by atoms with Crippen molar-refractivity contribution in [1.29, 1.82) is 5.26 Å². The molecule has 1 amide bonds. The molecule has 0 aliphatic carbocycles. The smallest absolute Gasteiger partial charge is 0.412 e. The molecule has 0 saturated heterocycles. The molecule has 2 aromatic carbocycles. The van der Waals surface area contributed by atoms with Gasteiger partial charge in [-0.05, 0) is 50.1 Å². The van der Waals surface area contributed by atoms with E-state index in [4.69, 9.17) is 10.5 Å². The van der Waals surface area contributed by atoms with Gasteiger partial charge < -0.3 is 15.6 Å². The Kier molecular flexibility index (Phi) is 5.65. The van der Waals surface area contributed by atoms with Crippen molar-refractivity contribution in [3.8, 4) is 17.2 Å². The van der Waals surface area contributed by atoms with E-state index < -0.39 is 23.3 Å². The summed E-state index contributed by atoms with van der Waals surface area (Å²) < 4.78 is 34.6. The molecule has 6 nitrogen and oxygen atoms in total. The number of thiophene rings is 1. The molecular formula is C21H19F2N3O3S. The van der Waals surface area contributed by atoms with Crippen LogP contribution < -0.4 is 11.1 Å². The zero-order valence-electron chi connectivity index (χ0n) is 16.5. The number of nitrogens with one attached hydrogen (secondary N) is 1. The van der Waals surface area contributed by atoms with E-state index >= 15 is 0 Å². The maximum absolute atomic E-state index is 14.8. The minimum absolute atomic E-state index is 0.0159. The number of hydrogen-bond acceptors (Lipinski definition) is 6. The van der Waals surface area contributed by atoms with Crippen molar-refractivity contribution in [2.75, 3.05) is 11.1 Å². The monoisotopic (exact) mass is 431 g/mol. The Bertz CT molecular complexity index is 1190. The number of nitrogens with two attached hydrogens (primary N) is 1. The van der Waals surface area contributed by atoms with Crippen LogP contribution in [0.2, 0.25) is 0 Å². The molecule has 0 aliphatic rings. The fraction of sp³-hybridized carbons (Fsp3) is 0.238. The highest BCUT2D eigenvalue weighted by Gasteiger charge is 2.24. The lowest BCUT2D eigenvalue weighted by atomic mass is 9.96. The standard InChI is InChI=1S/C21H19F2N3O3S/c1-21(2,3)29-20(28)26-19-13(8-24)16-11(4-5-14(22)18(16)30-19)12-6-10(9-27)7-15(25)17(12)23/h4-7,27H,9,25H2,1-3H3,(H,26,28). The van der Waals surface area contributed by atoms with Crippen LogP contribution in [0.25, 0.3) is 21.2 Å². The highest BCUT2D eigenvalue weighted by atomic mass is 32.1. The third-order valence-electron chi connectivity index (χ3n) is 4.15. The molecule has 4 N–H and O–H groups in total. The minimum atomic E-state index is -0.801. The Labute approximate surface area is 175 Å². The number of amides is 1. The van der Waals surface area contributed by atoms with Gasteiger partial charge in [0.2, 0.25) is 0 Å². The Morgan fingerprint density at radius 1 is 1.30 bits per heavy atom. The molecule has 30 heavy (non-hydrogen) atoms. The van der Waals surface area contributed by atoms with Gasteiger partial charge >= 0.3 is 6.09 Å². The van der Waals surface area contributed by atoms with Gasteiger partial charge in [0.05, 0.1) is 22.6 Å². The van der Waals surface area contributed by atoms with Gasteiger partial charge in [-0.15, -0.1) is 11.3 Å². The first-order chi connectivity index (χ1) is 14.1. The van der Waals surface area contributed by atoms with Gasteiger partial charge in [-0.3, -0.25) is 5.32 Å². The molecule has 0 aliphatic heterocycles. The van der Waals surface area contributed by atoms with Crippen LogP contribution in [0, 0.1) is 23.0 Å². The summed E-state index contributed by atoms with van der Waals surface area (Å²) in [7, 11) is 0. The second kappa shape index (κ2) is 7.89. The lowest BCUT2D eigenvalue weighted by molar-refractivity contribution is 0.0636. The number of anilines is 2. The van der Waals surface area contributed by atoms with Crippen molar-refractivity contribution in [1.82, 2.24) is 0 Å². The number of halogens is 2. The number of carbonyl (C=O) groups excluding carboxylic acids is 1. The molecule has 0 fully saturated rings. The van der Waals surface area contributed by atoms with Crippen LogP contribution >= 0.6 is 11.3 Å². The third kappa shape index (κ3) is 4.06. The summed E-state index contributed by atoms with van der Waals surface area (Å²) in [5.41, 5.74) is 5.33. The van der Waals surface area contributed by atoms with Crippen molar-refractivity contribution in [3.63, 3.8) is 0 Å². The molecule has 0 spiro atoms. The van der Waals surface area contributed by atoms with Crippen LogP contribution in [0.1, 0.15) is 31.9 Å². The molecule has 3 rings (SSSR count). The molecule has 0 saturated carbocycles. The van der Waals surface area contributed by atoms with Crippen molar-refractivity contribution in [3.05, 3.63) is 47.0 Å². The van der Waals surface area contributed by atoms with Gasteiger partial charge in [-0.1, -0.05) is 6.07 Å². The van der Waals surface area contributed by atoms with E-state index in [0.29, 0.717) is 5.56 Å². The molecule has 0 unspecified atom stereocenters. The summed E-state index contributed by atoms with van der Waals surface area (Å²) in [5, 5.41) is 21.8. The first-order valence-corrected chi connectivity index (χ1v) is 9.71. The van der Waals surface area contributed by atoms with Crippen LogP contribution in [0.5, 0.6) is 0 Å². The number of nitriles is 1. The fourth-order valence-corrected chi connectivity index (χ4v) is 4.05. The molecule has 0 radical (unpaired) electrons. The van der Waals surface area contributed by atoms with Crippen molar-refractivity contribution in [2.24, 2.45) is 0 Å². The van der Waals surface area contributed by atoms with Gasteiger partial charge in [0.25, 0.3) is 0 Å². The number of rotatable bonds is 3. The third-order valence-corrected chi connectivity index (χ3v) is 5.26. The predicted molar refractivity (Wildman–Crippen MR) is 112 cm³/mol. The number of nitrogen functional groups attached to an aromatic ring is 1. The van der Waals surface area contributed by atoms with E-state index in [9.17, 15) is 23.9 Å². The molecule has 1 heterocycles. The first kappa shape index (κ1) is 21.5. The van der Waals surface area contributed by atoms with Gasteiger partial charge in [0.1, 0.15) is 22.5 Å². The van der Waals surface area contributed by atoms with E-state index in [0.717, 1.165) is 17.4 Å². The van der Waals surface area contributed by atoms with E-state index in [1.807, 2.05) is 6.07 Å². The van der Waals surface area contributed by atoms with Crippen LogP contribution in [0.4, 0.5) is 24.3 Å². The van der Waals surface area contributed by atoms with Crippen molar-refractivity contribution < 1.29 is 23.4 Å². The summed E-state index contributed by atoms with van der Waals surface area (Å²) in [6.45, 7) is 4.67. The molecular weight excluding hydrogens is 412 g/mol. The van der Waals surface area contributed by atoms with E-state index in [1.165, 1.54) is 18.2 Å². The Hall–Kier alpha value is -3.22. The second-order valence-corrected chi connectivity index (χ2v) is 8.57. The summed E-state index contributed by atoms with van der Waals surface area (Å²) in [6, 6.07) is 7.13. The first-order valence-electron chi connectivity index (χ1n) is 8.90. The average Bonchev–Trinajstić information content (AvgIpc) is 3.01. The SMILES string of the molecule is CC(C)(C)OC(=O)Nc1sc2c(F)ccc(-c3cc(CO)cc(N)c3F)c2c1C#N. The average molecular weight is 431 g/mol. The lowest BCUT2D eigenvalue weighted by Gasteiger charge is -2.19. The fourth-order valence-electron chi connectivity index (χ4n) is 2.98. The Balaban J connectivity index is 2.24. The molecule has 9 heteroatoms. The highest BCUT2D eigenvalue weighted by molar-refractivity contribution is 7.23. The maximum Gasteiger partial charge on any atom is 0.412 e. The van der Waals surface area contributed by atoms with Gasteiger partial charge in [-0.25, -0.2) is 13.6 Å². The lowest BCUT2D eigenvalue weighted by Crippen LogP contribution is -2.27. The number of carbonyl (C=O) groups is 1. The summed E-state index contributed by atoms with van der Waals surface area (Å²) >= 11 is 0.846. The van der Waals surface area contributed by atoms with Crippen molar-refractivity contribution in [2.45, 2.75) is 33.0 Å². The summed E-state index contributed by atoms with van der Waals surface area (Å²) in [5.74, 6) is -1.38. The molecule has 156 valence electrons. The van der Waals surface area contributed by atoms with Crippen LogP contribution in [0.15, 0.2) is 24.3 Å². The number of aliphatic hydroxyl groups is 1. The maximum atomic E-state index is 14.8. The number of hydrogen-bond donors (Lipinski definition) is 3. The van der Waals surface area contributed by atoms with Crippen LogP contribution in [0.3, 0.4) is 0 Å². The van der Waals surface area contributed by atoms with E-state index in [1.54, 1.807) is 20.8 Å². The number of fused-ring (bicyclic) bond motifs is 1. The normalized spacial score (nSPS) is 11.4. The van der Waals surface area contributed by atoms with E-state index in [-0.39, 0.29) is 44.1 Å². The zero-order valence-corrected chi connectivity index (χ0v) is 17.3. The number of aliphatic hydroxyl groups excluding tert-OH is 1. The van der Waals surface area contributed by atoms with Crippen molar-refractivity contribution >= 4 is 38.2 Å². The number of nitrogens with zero attached hydrogens (tertiary/aromatic N) is 1. The summed E-state index contributed by atoms with van der Waals surface area (Å²) in [4.78, 5) is 12.2. The molecule has 0 bridgehead atoms. The quantitative estimate of drug-likeness (QED) is 0.498. The molecule has 0 atom stereocenters. The van der Waals surface area contributed by atoms with Crippen LogP contribution in [-0.4, -0.2) is 16.8 Å². The highest BCUT2D eigenvalue weighted by Crippen LogP contribution is 2.43. The van der Waals surface area contributed by atoms with Gasteiger partial charge in [-0.2, -0.15) is 5.26 Å². The predicted octanol–water partition coefficient (Wildman–Crippen LogP) is 5.14. The van der Waals surface area contributed by atoms with Gasteiger partial charge in [0.15, 0.2) is 5.82 Å². The Morgan fingerprint density at radius 2 is 2.00 bits per heavy atom. The molecule has 1 aromatic heterocycles. The topological polar surface area (TPSA) is 108 Å². The largest absolute Gasteiger partial charge is 0.444 e.